The summed E-state index contributed by atoms with van der Waals surface area (Å²) in [5.41, 5.74) is 4.61. The van der Waals surface area contributed by atoms with Crippen molar-refractivity contribution in [2.75, 3.05) is 24.7 Å². The minimum atomic E-state index is -0.00671. The van der Waals surface area contributed by atoms with E-state index >= 15 is 0 Å². The third kappa shape index (κ3) is 4.27. The molecule has 3 aromatic rings. The van der Waals surface area contributed by atoms with Gasteiger partial charge in [0.1, 0.15) is 0 Å². The quantitative estimate of drug-likeness (QED) is 0.591. The summed E-state index contributed by atoms with van der Waals surface area (Å²) in [4.78, 5) is 24.9. The van der Waals surface area contributed by atoms with E-state index in [0.29, 0.717) is 19.6 Å². The Bertz CT molecular complexity index is 1090. The van der Waals surface area contributed by atoms with Gasteiger partial charge in [0.05, 0.1) is 29.8 Å². The van der Waals surface area contributed by atoms with Crippen LogP contribution in [0.4, 0.5) is 5.13 Å². The van der Waals surface area contributed by atoms with Gasteiger partial charge in [0, 0.05) is 25.4 Å². The maximum Gasteiger partial charge on any atom is 0.186 e. The van der Waals surface area contributed by atoms with Crippen molar-refractivity contribution in [2.24, 2.45) is 5.41 Å². The van der Waals surface area contributed by atoms with Crippen LogP contribution in [0.3, 0.4) is 0 Å². The van der Waals surface area contributed by atoms with Crippen LogP contribution in [-0.2, 0) is 17.6 Å². The van der Waals surface area contributed by atoms with Crippen molar-refractivity contribution in [2.45, 2.75) is 39.2 Å². The lowest BCUT2D eigenvalue weighted by Crippen LogP contribution is -2.46. The molecule has 0 unspecified atom stereocenters. The highest BCUT2D eigenvalue weighted by molar-refractivity contribution is 7.17. The maximum atomic E-state index is 12.7. The molecule has 1 atom stereocenters. The average molecular weight is 434 g/mol. The van der Waals surface area contributed by atoms with Crippen molar-refractivity contribution in [3.05, 3.63) is 64.9 Å². The molecule has 1 fully saturated rings. The first kappa shape index (κ1) is 20.3. The normalized spacial score (nSPS) is 20.5. The summed E-state index contributed by atoms with van der Waals surface area (Å²) in [6.07, 6.45) is 6.00. The molecule has 5 nitrogen and oxygen atoms in total. The lowest BCUT2D eigenvalue weighted by molar-refractivity contribution is 0.0915. The number of benzene rings is 1. The Hall–Kier alpha value is -2.57. The second-order valence-electron chi connectivity index (χ2n) is 9.28. The highest BCUT2D eigenvalue weighted by Gasteiger charge is 2.36. The number of pyridine rings is 1. The number of hydrogen-bond acceptors (Lipinski definition) is 6. The van der Waals surface area contributed by atoms with Crippen LogP contribution in [0.2, 0.25) is 0 Å². The molecule has 5 rings (SSSR count). The van der Waals surface area contributed by atoms with E-state index in [4.69, 9.17) is 9.72 Å². The number of rotatable bonds is 4. The first-order chi connectivity index (χ1) is 15.0. The van der Waals surface area contributed by atoms with Gasteiger partial charge in [-0.3, -0.25) is 9.78 Å². The molecular formula is C25H27N3O2S. The molecule has 0 N–H and O–H groups in total. The van der Waals surface area contributed by atoms with E-state index in [0.717, 1.165) is 35.1 Å². The van der Waals surface area contributed by atoms with Crippen LogP contribution < -0.4 is 4.90 Å². The Labute approximate surface area is 187 Å². The van der Waals surface area contributed by atoms with E-state index in [-0.39, 0.29) is 17.2 Å². The van der Waals surface area contributed by atoms with Gasteiger partial charge in [-0.15, -0.1) is 0 Å². The Morgan fingerprint density at radius 2 is 2.00 bits per heavy atom. The number of carbonyl (C=O) groups excluding carboxylic acids is 1. The van der Waals surface area contributed by atoms with E-state index in [2.05, 4.69) is 48.0 Å². The molecule has 0 radical (unpaired) electrons. The Balaban J connectivity index is 1.40. The lowest BCUT2D eigenvalue weighted by atomic mass is 9.78. The zero-order valence-corrected chi connectivity index (χ0v) is 18.8. The molecule has 1 saturated heterocycles. The smallest absolute Gasteiger partial charge is 0.186 e. The summed E-state index contributed by atoms with van der Waals surface area (Å²) >= 11 is 1.57. The van der Waals surface area contributed by atoms with Gasteiger partial charge < -0.3 is 9.64 Å². The molecule has 31 heavy (non-hydrogen) atoms. The molecule has 1 aliphatic heterocycles. The van der Waals surface area contributed by atoms with Crippen molar-refractivity contribution in [1.29, 1.82) is 0 Å². The van der Waals surface area contributed by atoms with Crippen molar-refractivity contribution in [1.82, 2.24) is 9.97 Å². The van der Waals surface area contributed by atoms with Crippen molar-refractivity contribution < 1.29 is 9.53 Å². The van der Waals surface area contributed by atoms with Gasteiger partial charge in [-0.25, -0.2) is 4.98 Å². The number of nitrogens with zero attached hydrogens (tertiary/aromatic N) is 3. The van der Waals surface area contributed by atoms with E-state index in [1.807, 2.05) is 24.5 Å². The first-order valence-electron chi connectivity index (χ1n) is 10.9. The number of Topliss-reactive ketones (excluding diaryl/α,β-unsaturated/α-hetero) is 1. The van der Waals surface area contributed by atoms with Gasteiger partial charge in [-0.05, 0) is 47.1 Å². The Morgan fingerprint density at radius 1 is 1.16 bits per heavy atom. The zero-order valence-electron chi connectivity index (χ0n) is 18.0. The molecule has 0 saturated carbocycles. The summed E-state index contributed by atoms with van der Waals surface area (Å²) in [5.74, 6) is 0.241. The topological polar surface area (TPSA) is 55.3 Å². The molecule has 160 valence electrons. The SMILES string of the molecule is CC1(C)CC(=O)c2sc(N3CCOC[C@@H]3Cc3cccc(-c4ccncc4)c3)nc2C1. The molecule has 0 spiro atoms. The highest BCUT2D eigenvalue weighted by atomic mass is 32.1. The largest absolute Gasteiger partial charge is 0.377 e. The van der Waals surface area contributed by atoms with Crippen LogP contribution in [0, 0.1) is 5.41 Å². The van der Waals surface area contributed by atoms with Crippen LogP contribution in [0.15, 0.2) is 48.8 Å². The third-order valence-electron chi connectivity index (χ3n) is 6.11. The van der Waals surface area contributed by atoms with Gasteiger partial charge in [-0.1, -0.05) is 49.4 Å². The van der Waals surface area contributed by atoms with Crippen molar-refractivity contribution >= 4 is 22.3 Å². The molecular weight excluding hydrogens is 406 g/mol. The number of carbonyl (C=O) groups is 1. The van der Waals surface area contributed by atoms with Crippen LogP contribution >= 0.6 is 11.3 Å². The van der Waals surface area contributed by atoms with Gasteiger partial charge in [0.15, 0.2) is 10.9 Å². The van der Waals surface area contributed by atoms with Gasteiger partial charge in [0.25, 0.3) is 0 Å². The van der Waals surface area contributed by atoms with E-state index in [1.165, 1.54) is 16.7 Å². The number of morpholine rings is 1. The molecule has 2 aromatic heterocycles. The van der Waals surface area contributed by atoms with Gasteiger partial charge in [-0.2, -0.15) is 0 Å². The Kier molecular flexibility index (Phi) is 5.36. The van der Waals surface area contributed by atoms with E-state index in [1.54, 1.807) is 11.3 Å². The molecule has 1 aromatic carbocycles. The summed E-state index contributed by atoms with van der Waals surface area (Å²) in [7, 11) is 0. The number of anilines is 1. The van der Waals surface area contributed by atoms with Gasteiger partial charge >= 0.3 is 0 Å². The van der Waals surface area contributed by atoms with Gasteiger partial charge in [0.2, 0.25) is 0 Å². The molecule has 0 amide bonds. The standard InChI is InChI=1S/C25H27N3O2S/c1-25(2)14-21-23(22(29)15-25)31-24(27-21)28-10-11-30-16-20(28)13-17-4-3-5-19(12-17)18-6-8-26-9-7-18/h3-9,12,20H,10-11,13-16H2,1-2H3/t20-/m0/s1. The van der Waals surface area contributed by atoms with E-state index < -0.39 is 0 Å². The summed E-state index contributed by atoms with van der Waals surface area (Å²) in [6.45, 7) is 6.47. The summed E-state index contributed by atoms with van der Waals surface area (Å²) in [5, 5.41) is 0.967. The molecule has 6 heteroatoms. The zero-order chi connectivity index (χ0) is 21.4. The fourth-order valence-electron chi connectivity index (χ4n) is 4.60. The fraction of sp³-hybridized carbons (Fsp3) is 0.400. The van der Waals surface area contributed by atoms with Crippen LogP contribution in [0.5, 0.6) is 0 Å². The minimum absolute atomic E-state index is 0.00671. The second-order valence-corrected chi connectivity index (χ2v) is 10.3. The molecule has 2 aliphatic rings. The van der Waals surface area contributed by atoms with Crippen LogP contribution in [0.1, 0.15) is 41.2 Å². The lowest BCUT2D eigenvalue weighted by Gasteiger charge is -2.35. The van der Waals surface area contributed by atoms with Crippen molar-refractivity contribution in [3.8, 4) is 11.1 Å². The number of thiazole rings is 1. The number of ketones is 1. The monoisotopic (exact) mass is 433 g/mol. The third-order valence-corrected chi connectivity index (χ3v) is 7.29. The number of fused-ring (bicyclic) bond motifs is 1. The van der Waals surface area contributed by atoms with Crippen molar-refractivity contribution in [3.63, 3.8) is 0 Å². The van der Waals surface area contributed by atoms with Crippen LogP contribution in [-0.4, -0.2) is 41.6 Å². The predicted octanol–water partition coefficient (Wildman–Crippen LogP) is 4.81. The predicted molar refractivity (Wildman–Crippen MR) is 124 cm³/mol. The van der Waals surface area contributed by atoms with E-state index in [9.17, 15) is 4.79 Å². The number of ether oxygens (including phenoxy) is 1. The average Bonchev–Trinajstić information content (AvgIpc) is 3.18. The molecule has 3 heterocycles. The highest BCUT2D eigenvalue weighted by Crippen LogP contribution is 2.40. The minimum Gasteiger partial charge on any atom is -0.377 e. The summed E-state index contributed by atoms with van der Waals surface area (Å²) < 4.78 is 5.84. The second kappa shape index (κ2) is 8.17. The Morgan fingerprint density at radius 3 is 2.84 bits per heavy atom. The molecule has 0 bridgehead atoms. The fourth-order valence-corrected chi connectivity index (χ4v) is 5.72. The summed E-state index contributed by atoms with van der Waals surface area (Å²) in [6, 6.07) is 13.0. The van der Waals surface area contributed by atoms with Crippen LogP contribution in [0.25, 0.3) is 11.1 Å². The number of hydrogen-bond donors (Lipinski definition) is 0. The number of aromatic nitrogens is 2. The molecule has 1 aliphatic carbocycles. The first-order valence-corrected chi connectivity index (χ1v) is 11.7. The maximum absolute atomic E-state index is 12.7.